The van der Waals surface area contributed by atoms with Gasteiger partial charge >= 0.3 is 0 Å². The van der Waals surface area contributed by atoms with Gasteiger partial charge < -0.3 is 9.84 Å². The monoisotopic (exact) mass is 208 g/mol. The second-order valence-electron chi connectivity index (χ2n) is 2.84. The van der Waals surface area contributed by atoms with Gasteiger partial charge in [0, 0.05) is 23.7 Å². The van der Waals surface area contributed by atoms with E-state index in [4.69, 9.17) is 16.1 Å². The highest BCUT2D eigenvalue weighted by Crippen LogP contribution is 2.23. The molecular formula is C10H9ClN2O. The molecular weight excluding hydrogens is 200 g/mol. The Morgan fingerprint density at radius 3 is 2.86 bits per heavy atom. The molecule has 0 atom stereocenters. The highest BCUT2D eigenvalue weighted by Gasteiger charge is 2.04. The molecule has 1 N–H and O–H groups in total. The van der Waals surface area contributed by atoms with Gasteiger partial charge in [0.05, 0.1) is 0 Å². The van der Waals surface area contributed by atoms with Crippen LogP contribution in [0.1, 0.15) is 0 Å². The largest absolute Gasteiger partial charge is 0.357 e. The number of rotatable bonds is 2. The van der Waals surface area contributed by atoms with Crippen LogP contribution in [0.2, 0.25) is 5.02 Å². The van der Waals surface area contributed by atoms with Crippen LogP contribution < -0.4 is 5.32 Å². The van der Waals surface area contributed by atoms with Crippen LogP contribution in [-0.4, -0.2) is 12.2 Å². The molecule has 0 saturated carbocycles. The van der Waals surface area contributed by atoms with Crippen molar-refractivity contribution >= 4 is 17.5 Å². The molecule has 0 aliphatic heterocycles. The van der Waals surface area contributed by atoms with Gasteiger partial charge in [0.25, 0.3) is 0 Å². The Balaban J connectivity index is 2.39. The molecule has 2 rings (SSSR count). The van der Waals surface area contributed by atoms with Crippen molar-refractivity contribution in [2.75, 3.05) is 12.4 Å². The predicted octanol–water partition coefficient (Wildman–Crippen LogP) is 3.04. The molecule has 3 nitrogen and oxygen atoms in total. The highest BCUT2D eigenvalue weighted by molar-refractivity contribution is 6.30. The molecule has 0 unspecified atom stereocenters. The summed E-state index contributed by atoms with van der Waals surface area (Å²) in [6.45, 7) is 0. The van der Waals surface area contributed by atoms with E-state index in [0.717, 1.165) is 11.3 Å². The number of hydrogen-bond acceptors (Lipinski definition) is 3. The van der Waals surface area contributed by atoms with Crippen molar-refractivity contribution in [2.45, 2.75) is 0 Å². The third kappa shape index (κ3) is 1.72. The zero-order chi connectivity index (χ0) is 9.97. The second-order valence-corrected chi connectivity index (χ2v) is 3.27. The lowest BCUT2D eigenvalue weighted by molar-refractivity contribution is 0.436. The van der Waals surface area contributed by atoms with Gasteiger partial charge in [0.2, 0.25) is 5.88 Å². The molecule has 0 aliphatic rings. The molecule has 0 amide bonds. The molecule has 0 fully saturated rings. The van der Waals surface area contributed by atoms with Gasteiger partial charge in [-0.25, -0.2) is 0 Å². The minimum atomic E-state index is 0.639. The summed E-state index contributed by atoms with van der Waals surface area (Å²) in [5, 5.41) is 7.46. The zero-order valence-electron chi connectivity index (χ0n) is 7.62. The maximum atomic E-state index is 5.86. The van der Waals surface area contributed by atoms with Gasteiger partial charge in [0.15, 0.2) is 0 Å². The van der Waals surface area contributed by atoms with Crippen LogP contribution >= 0.6 is 11.6 Å². The SMILES string of the molecule is CNc1cc(-c2cccc(Cl)c2)no1. The van der Waals surface area contributed by atoms with Gasteiger partial charge in [-0.2, -0.15) is 0 Å². The van der Waals surface area contributed by atoms with Crippen molar-refractivity contribution in [3.63, 3.8) is 0 Å². The Labute approximate surface area is 86.7 Å². The smallest absolute Gasteiger partial charge is 0.225 e. The van der Waals surface area contributed by atoms with Crippen molar-refractivity contribution in [1.82, 2.24) is 5.16 Å². The number of nitrogens with one attached hydrogen (secondary N) is 1. The number of nitrogens with zero attached hydrogens (tertiary/aromatic N) is 1. The summed E-state index contributed by atoms with van der Waals surface area (Å²) in [7, 11) is 1.78. The lowest BCUT2D eigenvalue weighted by Gasteiger charge is -1.94. The molecule has 1 aromatic carbocycles. The van der Waals surface area contributed by atoms with E-state index in [9.17, 15) is 0 Å². The maximum absolute atomic E-state index is 5.86. The standard InChI is InChI=1S/C10H9ClN2O/c1-12-10-6-9(13-14-10)7-3-2-4-8(11)5-7/h2-6,12H,1H3. The number of benzene rings is 1. The summed E-state index contributed by atoms with van der Waals surface area (Å²) in [6.07, 6.45) is 0. The van der Waals surface area contributed by atoms with E-state index >= 15 is 0 Å². The first-order chi connectivity index (χ1) is 6.79. The van der Waals surface area contributed by atoms with Crippen LogP contribution in [0, 0.1) is 0 Å². The minimum Gasteiger partial charge on any atom is -0.357 e. The topological polar surface area (TPSA) is 38.1 Å². The molecule has 2 aromatic rings. The van der Waals surface area contributed by atoms with Crippen molar-refractivity contribution < 1.29 is 4.52 Å². The molecule has 72 valence electrons. The summed E-state index contributed by atoms with van der Waals surface area (Å²) in [6, 6.07) is 9.31. The fourth-order valence-corrected chi connectivity index (χ4v) is 1.37. The molecule has 1 heterocycles. The van der Waals surface area contributed by atoms with Gasteiger partial charge in [-0.3, -0.25) is 0 Å². The number of aromatic nitrogens is 1. The minimum absolute atomic E-state index is 0.639. The van der Waals surface area contributed by atoms with Gasteiger partial charge in [-0.15, -0.1) is 0 Å². The molecule has 0 aliphatic carbocycles. The molecule has 0 spiro atoms. The summed E-state index contributed by atoms with van der Waals surface area (Å²) in [5.74, 6) is 0.639. The van der Waals surface area contributed by atoms with Crippen molar-refractivity contribution in [3.05, 3.63) is 35.4 Å². The average molecular weight is 209 g/mol. The molecule has 4 heteroatoms. The van der Waals surface area contributed by atoms with Gasteiger partial charge in [0.1, 0.15) is 5.69 Å². The van der Waals surface area contributed by atoms with Crippen LogP contribution in [0.3, 0.4) is 0 Å². The van der Waals surface area contributed by atoms with Crippen LogP contribution in [0.5, 0.6) is 0 Å². The van der Waals surface area contributed by atoms with E-state index in [2.05, 4.69) is 10.5 Å². The van der Waals surface area contributed by atoms with Crippen molar-refractivity contribution in [2.24, 2.45) is 0 Å². The fraction of sp³-hybridized carbons (Fsp3) is 0.100. The van der Waals surface area contributed by atoms with Crippen LogP contribution in [-0.2, 0) is 0 Å². The molecule has 0 bridgehead atoms. The van der Waals surface area contributed by atoms with Crippen molar-refractivity contribution in [3.8, 4) is 11.3 Å². The van der Waals surface area contributed by atoms with Crippen LogP contribution in [0.15, 0.2) is 34.9 Å². The highest BCUT2D eigenvalue weighted by atomic mass is 35.5. The molecule has 14 heavy (non-hydrogen) atoms. The number of halogens is 1. The normalized spacial score (nSPS) is 10.1. The Morgan fingerprint density at radius 1 is 1.36 bits per heavy atom. The van der Waals surface area contributed by atoms with E-state index in [1.54, 1.807) is 7.05 Å². The quantitative estimate of drug-likeness (QED) is 0.825. The molecule has 0 radical (unpaired) electrons. The Bertz CT molecular complexity index is 439. The third-order valence-corrected chi connectivity index (χ3v) is 2.11. The lowest BCUT2D eigenvalue weighted by atomic mass is 10.1. The van der Waals surface area contributed by atoms with E-state index < -0.39 is 0 Å². The first-order valence-corrected chi connectivity index (χ1v) is 4.58. The summed E-state index contributed by atoms with van der Waals surface area (Å²) < 4.78 is 5.00. The van der Waals surface area contributed by atoms with Crippen LogP contribution in [0.25, 0.3) is 11.3 Å². The van der Waals surface area contributed by atoms with E-state index in [-0.39, 0.29) is 0 Å². The summed E-state index contributed by atoms with van der Waals surface area (Å²) in [4.78, 5) is 0. The Kier molecular flexibility index (Phi) is 2.41. The predicted molar refractivity (Wildman–Crippen MR) is 56.5 cm³/mol. The Hall–Kier alpha value is -1.48. The zero-order valence-corrected chi connectivity index (χ0v) is 8.38. The van der Waals surface area contributed by atoms with E-state index in [1.807, 2.05) is 30.3 Å². The van der Waals surface area contributed by atoms with Crippen LogP contribution in [0.4, 0.5) is 5.88 Å². The van der Waals surface area contributed by atoms with E-state index in [0.29, 0.717) is 10.9 Å². The number of anilines is 1. The van der Waals surface area contributed by atoms with Crippen molar-refractivity contribution in [1.29, 1.82) is 0 Å². The second kappa shape index (κ2) is 3.72. The maximum Gasteiger partial charge on any atom is 0.225 e. The molecule has 1 aromatic heterocycles. The van der Waals surface area contributed by atoms with Gasteiger partial charge in [-0.1, -0.05) is 28.9 Å². The average Bonchev–Trinajstić information content (AvgIpc) is 2.66. The molecule has 0 saturated heterocycles. The van der Waals surface area contributed by atoms with Gasteiger partial charge in [-0.05, 0) is 12.1 Å². The first kappa shape index (κ1) is 9.09. The fourth-order valence-electron chi connectivity index (χ4n) is 1.18. The summed E-state index contributed by atoms with van der Waals surface area (Å²) >= 11 is 5.86. The third-order valence-electron chi connectivity index (χ3n) is 1.88. The first-order valence-electron chi connectivity index (χ1n) is 4.20. The Morgan fingerprint density at radius 2 is 2.21 bits per heavy atom. The number of hydrogen-bond donors (Lipinski definition) is 1. The van der Waals surface area contributed by atoms with E-state index in [1.165, 1.54) is 0 Å². The summed E-state index contributed by atoms with van der Waals surface area (Å²) in [5.41, 5.74) is 1.72. The lowest BCUT2D eigenvalue weighted by Crippen LogP contribution is -1.82.